The number of halogens is 2. The smallest absolute Gasteiger partial charge is 0.345 e. The Bertz CT molecular complexity index is 1390. The number of fused-ring (bicyclic) bond motifs is 1. The van der Waals surface area contributed by atoms with Crippen LogP contribution in [0, 0.1) is 6.92 Å². The molecule has 2 N–H and O–H groups in total. The number of hydrogen-bond donors (Lipinski definition) is 2. The van der Waals surface area contributed by atoms with Crippen molar-refractivity contribution >= 4 is 11.5 Å². The Morgan fingerprint density at radius 1 is 1.21 bits per heavy atom. The lowest BCUT2D eigenvalue weighted by Crippen LogP contribution is -2.28. The van der Waals surface area contributed by atoms with Crippen molar-refractivity contribution in [1.29, 1.82) is 0 Å². The van der Waals surface area contributed by atoms with E-state index < -0.39 is 18.2 Å². The molecule has 0 saturated heterocycles. The highest BCUT2D eigenvalue weighted by Crippen LogP contribution is 2.38. The summed E-state index contributed by atoms with van der Waals surface area (Å²) in [6.45, 7) is 4.35. The topological polar surface area (TPSA) is 128 Å². The second kappa shape index (κ2) is 10.4. The second-order valence-electron chi connectivity index (χ2n) is 10.4. The summed E-state index contributed by atoms with van der Waals surface area (Å²) in [4.78, 5) is 4.45. The van der Waals surface area contributed by atoms with Gasteiger partial charge in [0.2, 0.25) is 17.7 Å². The van der Waals surface area contributed by atoms with Crippen LogP contribution >= 0.6 is 0 Å². The molecule has 5 rings (SSSR count). The Morgan fingerprint density at radius 3 is 2.66 bits per heavy atom. The SMILES string of the molecule is Cc1nnc(C(C)(C)n2cc(-c3cc([C@H]4CC[C@H](O)CC4)n4nc(N[C@@H](C)COC(F)F)ncc34)cn2)o1. The van der Waals surface area contributed by atoms with Crippen molar-refractivity contribution in [3.8, 4) is 11.1 Å². The number of aromatic nitrogens is 7. The summed E-state index contributed by atoms with van der Waals surface area (Å²) in [7, 11) is 0. The molecule has 1 aliphatic rings. The Morgan fingerprint density at radius 2 is 1.97 bits per heavy atom. The molecule has 0 bridgehead atoms. The zero-order chi connectivity index (χ0) is 27.0. The summed E-state index contributed by atoms with van der Waals surface area (Å²) < 4.78 is 38.6. The summed E-state index contributed by atoms with van der Waals surface area (Å²) in [6.07, 6.45) is 8.26. The van der Waals surface area contributed by atoms with Crippen molar-refractivity contribution in [3.63, 3.8) is 0 Å². The van der Waals surface area contributed by atoms with Crippen molar-refractivity contribution < 1.29 is 23.0 Å². The number of ether oxygens (including phenoxy) is 1. The predicted molar refractivity (Wildman–Crippen MR) is 134 cm³/mol. The number of nitrogens with zero attached hydrogens (tertiary/aromatic N) is 7. The number of aliphatic hydroxyl groups excluding tert-OH is 1. The fourth-order valence-electron chi connectivity index (χ4n) is 4.86. The minimum atomic E-state index is -2.84. The lowest BCUT2D eigenvalue weighted by atomic mass is 9.85. The van der Waals surface area contributed by atoms with Crippen LogP contribution in [0.2, 0.25) is 0 Å². The zero-order valence-corrected chi connectivity index (χ0v) is 21.8. The molecule has 0 unspecified atom stereocenters. The van der Waals surface area contributed by atoms with Crippen molar-refractivity contribution in [2.75, 3.05) is 11.9 Å². The van der Waals surface area contributed by atoms with Crippen molar-refractivity contribution in [1.82, 2.24) is 34.6 Å². The maximum absolute atomic E-state index is 12.4. The molecule has 0 aliphatic heterocycles. The maximum Gasteiger partial charge on any atom is 0.345 e. The van der Waals surface area contributed by atoms with E-state index in [9.17, 15) is 13.9 Å². The monoisotopic (exact) mass is 530 g/mol. The van der Waals surface area contributed by atoms with E-state index in [0.717, 1.165) is 48.0 Å². The second-order valence-corrected chi connectivity index (χ2v) is 10.4. The third-order valence-electron chi connectivity index (χ3n) is 7.02. The first kappa shape index (κ1) is 26.2. The minimum absolute atomic E-state index is 0.183. The maximum atomic E-state index is 12.4. The fraction of sp³-hybridized carbons (Fsp3) is 0.560. The van der Waals surface area contributed by atoms with E-state index in [0.29, 0.717) is 17.7 Å². The molecule has 13 heteroatoms. The first-order valence-electron chi connectivity index (χ1n) is 12.7. The van der Waals surface area contributed by atoms with Crippen LogP contribution in [0.3, 0.4) is 0 Å². The molecule has 1 aliphatic carbocycles. The van der Waals surface area contributed by atoms with E-state index in [4.69, 9.17) is 9.52 Å². The number of alkyl halides is 2. The van der Waals surface area contributed by atoms with E-state index in [-0.39, 0.29) is 18.6 Å². The highest BCUT2D eigenvalue weighted by atomic mass is 19.3. The number of nitrogens with one attached hydrogen (secondary N) is 1. The molecular weight excluding hydrogens is 498 g/mol. The van der Waals surface area contributed by atoms with Gasteiger partial charge in [0, 0.05) is 41.9 Å². The average Bonchev–Trinajstić information content (AvgIpc) is 3.62. The Balaban J connectivity index is 1.50. The largest absolute Gasteiger partial charge is 0.423 e. The first-order valence-corrected chi connectivity index (χ1v) is 12.7. The van der Waals surface area contributed by atoms with Gasteiger partial charge in [0.1, 0.15) is 5.54 Å². The molecule has 1 fully saturated rings. The number of aryl methyl sites for hydroxylation is 1. The molecule has 0 radical (unpaired) electrons. The Hall–Kier alpha value is -3.45. The molecule has 1 saturated carbocycles. The van der Waals surface area contributed by atoms with Gasteiger partial charge in [0.05, 0.1) is 30.6 Å². The summed E-state index contributed by atoms with van der Waals surface area (Å²) >= 11 is 0. The molecule has 38 heavy (non-hydrogen) atoms. The molecule has 11 nitrogen and oxygen atoms in total. The summed E-state index contributed by atoms with van der Waals surface area (Å²) in [6, 6.07) is 1.68. The number of anilines is 1. The first-order chi connectivity index (χ1) is 18.1. The third kappa shape index (κ3) is 5.25. The van der Waals surface area contributed by atoms with Crippen LogP contribution < -0.4 is 5.32 Å². The van der Waals surface area contributed by atoms with Crippen LogP contribution in [0.15, 0.2) is 29.1 Å². The van der Waals surface area contributed by atoms with E-state index in [1.54, 1.807) is 30.9 Å². The molecule has 4 aromatic heterocycles. The molecule has 0 spiro atoms. The van der Waals surface area contributed by atoms with Gasteiger partial charge in [-0.05, 0) is 52.5 Å². The summed E-state index contributed by atoms with van der Waals surface area (Å²) in [5.74, 6) is 1.45. The van der Waals surface area contributed by atoms with Crippen LogP contribution in [0.4, 0.5) is 14.7 Å². The molecule has 0 aromatic carbocycles. The molecule has 0 amide bonds. The van der Waals surface area contributed by atoms with Crippen molar-refractivity contribution in [2.45, 2.75) is 83.6 Å². The van der Waals surface area contributed by atoms with Gasteiger partial charge in [0.15, 0.2) is 0 Å². The lowest BCUT2D eigenvalue weighted by molar-refractivity contribution is -0.130. The van der Waals surface area contributed by atoms with E-state index in [1.807, 2.05) is 24.6 Å². The normalized spacial score (nSPS) is 19.4. The van der Waals surface area contributed by atoms with Gasteiger partial charge in [-0.1, -0.05) is 0 Å². The molecule has 1 atom stereocenters. The average molecular weight is 531 g/mol. The molecule has 4 aromatic rings. The van der Waals surface area contributed by atoms with E-state index >= 15 is 0 Å². The van der Waals surface area contributed by atoms with Gasteiger partial charge < -0.3 is 19.6 Å². The van der Waals surface area contributed by atoms with E-state index in [1.165, 1.54) is 0 Å². The van der Waals surface area contributed by atoms with Crippen LogP contribution in [-0.2, 0) is 10.3 Å². The van der Waals surface area contributed by atoms with Crippen molar-refractivity contribution in [2.24, 2.45) is 0 Å². The molecule has 204 valence electrons. The third-order valence-corrected chi connectivity index (χ3v) is 7.02. The van der Waals surface area contributed by atoms with Crippen LogP contribution in [0.5, 0.6) is 0 Å². The summed E-state index contributed by atoms with van der Waals surface area (Å²) in [5, 5.41) is 30.5. The van der Waals surface area contributed by atoms with Crippen LogP contribution in [0.1, 0.15) is 69.8 Å². The minimum Gasteiger partial charge on any atom is -0.423 e. The molecular formula is C25H32F2N8O3. The number of aliphatic hydroxyl groups is 1. The highest BCUT2D eigenvalue weighted by molar-refractivity contribution is 5.81. The van der Waals surface area contributed by atoms with Crippen LogP contribution in [0.25, 0.3) is 16.6 Å². The van der Waals surface area contributed by atoms with Crippen LogP contribution in [-0.4, -0.2) is 65.0 Å². The van der Waals surface area contributed by atoms with Gasteiger partial charge >= 0.3 is 6.61 Å². The predicted octanol–water partition coefficient (Wildman–Crippen LogP) is 4.13. The highest BCUT2D eigenvalue weighted by Gasteiger charge is 2.31. The lowest BCUT2D eigenvalue weighted by Gasteiger charge is -2.25. The Labute approximate surface area is 218 Å². The number of rotatable bonds is 9. The fourth-order valence-corrected chi connectivity index (χ4v) is 4.86. The standard InChI is InChI=1S/C25H32F2N8O3/c1-14(13-37-23(26)27)30-24-28-11-21-19(9-20(35(21)33-24)16-5-7-18(36)8-6-16)17-10-29-34(12-17)25(3,4)22-32-31-15(2)38-22/h9-12,14,16,18,23,36H,5-8,13H2,1-4H3,(H,30,33)/t14-,16-,18-/m0/s1. The van der Waals surface area contributed by atoms with Gasteiger partial charge in [0.25, 0.3) is 0 Å². The van der Waals surface area contributed by atoms with Crippen molar-refractivity contribution in [3.05, 3.63) is 42.1 Å². The summed E-state index contributed by atoms with van der Waals surface area (Å²) in [5.41, 5.74) is 2.91. The van der Waals surface area contributed by atoms with Gasteiger partial charge in [-0.3, -0.25) is 4.68 Å². The van der Waals surface area contributed by atoms with Gasteiger partial charge in [-0.2, -0.15) is 13.9 Å². The quantitative estimate of drug-likeness (QED) is 0.328. The molecule has 4 heterocycles. The zero-order valence-electron chi connectivity index (χ0n) is 21.8. The number of hydrogen-bond acceptors (Lipinski definition) is 9. The van der Waals surface area contributed by atoms with E-state index in [2.05, 4.69) is 36.4 Å². The van der Waals surface area contributed by atoms with Gasteiger partial charge in [-0.15, -0.1) is 15.3 Å². The van der Waals surface area contributed by atoms with Gasteiger partial charge in [-0.25, -0.2) is 9.50 Å². The Kier molecular flexibility index (Phi) is 7.14.